The maximum Gasteiger partial charge on any atom is 0.270 e. The van der Waals surface area contributed by atoms with E-state index in [0.29, 0.717) is 58.7 Å². The van der Waals surface area contributed by atoms with E-state index in [9.17, 15) is 14.9 Å². The van der Waals surface area contributed by atoms with E-state index in [1.807, 2.05) is 55.5 Å². The third-order valence-electron chi connectivity index (χ3n) is 7.15. The topological polar surface area (TPSA) is 146 Å². The number of fused-ring (bicyclic) bond motifs is 1. The Morgan fingerprint density at radius 2 is 1.87 bits per heavy atom. The summed E-state index contributed by atoms with van der Waals surface area (Å²) in [4.78, 5) is 33.6. The summed E-state index contributed by atoms with van der Waals surface area (Å²) in [5, 5.41) is 22.3. The standard InChI is InChI=1S/C33H29N7O5/c1-3-44-28-18-23(14-15-27(28)45-20-22-9-5-4-6-10-22)30-29(32(41)36-25-12-8-16-34-19-25)21(2)35-33-37-31(38-39(30)33)24-11-7-13-26(17-24)40(42)43/h4-19,30H,3,20H2,1-2H3,(H,36,41)(H,35,37,38). The number of rotatable bonds is 10. The molecule has 0 saturated heterocycles. The predicted octanol–water partition coefficient (Wildman–Crippen LogP) is 6.15. The van der Waals surface area contributed by atoms with Gasteiger partial charge >= 0.3 is 0 Å². The van der Waals surface area contributed by atoms with Crippen molar-refractivity contribution >= 4 is 23.2 Å². The zero-order chi connectivity index (χ0) is 31.3. The molecule has 0 saturated carbocycles. The number of carbonyl (C=O) groups is 1. The Balaban J connectivity index is 1.42. The van der Waals surface area contributed by atoms with Gasteiger partial charge in [-0.3, -0.25) is 19.9 Å². The van der Waals surface area contributed by atoms with Crippen LogP contribution in [-0.2, 0) is 11.4 Å². The number of allylic oxidation sites excluding steroid dienone is 1. The Kier molecular flexibility index (Phi) is 8.18. The molecule has 0 aliphatic carbocycles. The van der Waals surface area contributed by atoms with Crippen molar-refractivity contribution in [1.82, 2.24) is 19.7 Å². The highest BCUT2D eigenvalue weighted by Crippen LogP contribution is 2.40. The van der Waals surface area contributed by atoms with E-state index in [4.69, 9.17) is 14.6 Å². The second kappa shape index (κ2) is 12.7. The monoisotopic (exact) mass is 603 g/mol. The lowest BCUT2D eigenvalue weighted by molar-refractivity contribution is -0.384. The summed E-state index contributed by atoms with van der Waals surface area (Å²) in [6, 6.07) is 24.2. The Morgan fingerprint density at radius 1 is 1.02 bits per heavy atom. The molecule has 3 aromatic carbocycles. The maximum atomic E-state index is 13.9. The van der Waals surface area contributed by atoms with Crippen LogP contribution in [-0.4, -0.2) is 37.2 Å². The number of benzene rings is 3. The Bertz CT molecular complexity index is 1890. The van der Waals surface area contributed by atoms with E-state index in [2.05, 4.69) is 20.6 Å². The van der Waals surface area contributed by atoms with Crippen LogP contribution in [0.25, 0.3) is 11.4 Å². The molecule has 0 fully saturated rings. The normalized spacial score (nSPS) is 13.9. The SMILES string of the molecule is CCOc1cc(C2C(C(=O)Nc3cccnc3)=C(C)Nc3nc(-c4cccc([N+](=O)[O-])c4)nn32)ccc1OCc1ccccc1. The first-order chi connectivity index (χ1) is 21.9. The summed E-state index contributed by atoms with van der Waals surface area (Å²) in [6.07, 6.45) is 3.19. The molecule has 1 unspecified atom stereocenters. The summed E-state index contributed by atoms with van der Waals surface area (Å²) in [5.41, 5.74) is 3.57. The molecule has 5 aromatic rings. The van der Waals surface area contributed by atoms with Gasteiger partial charge in [-0.25, -0.2) is 4.68 Å². The molecule has 0 radical (unpaired) electrons. The summed E-state index contributed by atoms with van der Waals surface area (Å²) < 4.78 is 13.7. The van der Waals surface area contributed by atoms with Gasteiger partial charge in [-0.2, -0.15) is 4.98 Å². The Morgan fingerprint density at radius 3 is 2.62 bits per heavy atom. The number of aromatic nitrogens is 4. The van der Waals surface area contributed by atoms with Crippen molar-refractivity contribution in [3.05, 3.63) is 130 Å². The van der Waals surface area contributed by atoms with Crippen LogP contribution >= 0.6 is 0 Å². The molecule has 0 spiro atoms. The summed E-state index contributed by atoms with van der Waals surface area (Å²) in [7, 11) is 0. The van der Waals surface area contributed by atoms with E-state index in [0.717, 1.165) is 5.56 Å². The van der Waals surface area contributed by atoms with Crippen LogP contribution in [0.3, 0.4) is 0 Å². The Hall–Kier alpha value is -6.04. The highest BCUT2D eigenvalue weighted by Gasteiger charge is 2.35. The first-order valence-corrected chi connectivity index (χ1v) is 14.2. The van der Waals surface area contributed by atoms with Gasteiger partial charge in [0.25, 0.3) is 11.6 Å². The van der Waals surface area contributed by atoms with Crippen molar-refractivity contribution in [2.45, 2.75) is 26.5 Å². The smallest absolute Gasteiger partial charge is 0.270 e. The second-order valence-electron chi connectivity index (χ2n) is 10.2. The van der Waals surface area contributed by atoms with Gasteiger partial charge in [0.1, 0.15) is 12.6 Å². The molecule has 1 aliphatic heterocycles. The van der Waals surface area contributed by atoms with Crippen LogP contribution in [0.2, 0.25) is 0 Å². The van der Waals surface area contributed by atoms with Gasteiger partial charge in [0.15, 0.2) is 17.3 Å². The third kappa shape index (κ3) is 6.20. The zero-order valence-corrected chi connectivity index (χ0v) is 24.5. The molecule has 12 nitrogen and oxygen atoms in total. The number of nitrogens with zero attached hydrogens (tertiary/aromatic N) is 5. The highest BCUT2D eigenvalue weighted by molar-refractivity contribution is 6.06. The van der Waals surface area contributed by atoms with Gasteiger partial charge in [0.2, 0.25) is 5.95 Å². The van der Waals surface area contributed by atoms with Crippen molar-refractivity contribution in [1.29, 1.82) is 0 Å². The minimum atomic E-state index is -0.736. The molecular formula is C33H29N7O5. The van der Waals surface area contributed by atoms with Gasteiger partial charge in [-0.05, 0) is 49.2 Å². The molecule has 3 heterocycles. The van der Waals surface area contributed by atoms with Crippen LogP contribution in [0, 0.1) is 10.1 Å². The number of hydrogen-bond donors (Lipinski definition) is 2. The van der Waals surface area contributed by atoms with Gasteiger partial charge in [0.05, 0.1) is 29.0 Å². The van der Waals surface area contributed by atoms with Crippen LogP contribution in [0.5, 0.6) is 11.5 Å². The third-order valence-corrected chi connectivity index (χ3v) is 7.15. The molecule has 1 atom stereocenters. The minimum absolute atomic E-state index is 0.0805. The molecule has 1 amide bonds. The average Bonchev–Trinajstić information content (AvgIpc) is 3.48. The van der Waals surface area contributed by atoms with Gasteiger partial charge in [-0.15, -0.1) is 5.10 Å². The molecular weight excluding hydrogens is 574 g/mol. The Labute approximate surface area is 258 Å². The molecule has 12 heteroatoms. The van der Waals surface area contributed by atoms with Crippen molar-refractivity contribution in [3.8, 4) is 22.9 Å². The maximum absolute atomic E-state index is 13.9. The number of carbonyl (C=O) groups excluding carboxylic acids is 1. The van der Waals surface area contributed by atoms with Gasteiger partial charge in [0, 0.05) is 29.6 Å². The van der Waals surface area contributed by atoms with Crippen molar-refractivity contribution in [2.24, 2.45) is 0 Å². The summed E-state index contributed by atoms with van der Waals surface area (Å²) in [5.74, 6) is 1.34. The lowest BCUT2D eigenvalue weighted by atomic mass is 9.94. The zero-order valence-electron chi connectivity index (χ0n) is 24.5. The van der Waals surface area contributed by atoms with Gasteiger partial charge < -0.3 is 20.1 Å². The van der Waals surface area contributed by atoms with E-state index in [-0.39, 0.29) is 17.4 Å². The van der Waals surface area contributed by atoms with E-state index in [1.165, 1.54) is 12.1 Å². The lowest BCUT2D eigenvalue weighted by Gasteiger charge is -2.29. The average molecular weight is 604 g/mol. The van der Waals surface area contributed by atoms with Crippen LogP contribution < -0.4 is 20.1 Å². The van der Waals surface area contributed by atoms with Crippen molar-refractivity contribution < 1.29 is 19.2 Å². The van der Waals surface area contributed by atoms with Crippen LogP contribution in [0.15, 0.2) is 109 Å². The van der Waals surface area contributed by atoms with Crippen LogP contribution in [0.4, 0.5) is 17.3 Å². The second-order valence-corrected chi connectivity index (χ2v) is 10.2. The lowest BCUT2D eigenvalue weighted by Crippen LogP contribution is -2.31. The molecule has 1 aliphatic rings. The minimum Gasteiger partial charge on any atom is -0.490 e. The van der Waals surface area contributed by atoms with Crippen molar-refractivity contribution in [3.63, 3.8) is 0 Å². The number of nitrogens with one attached hydrogen (secondary N) is 2. The number of ether oxygens (including phenoxy) is 2. The quantitative estimate of drug-likeness (QED) is 0.142. The molecule has 45 heavy (non-hydrogen) atoms. The summed E-state index contributed by atoms with van der Waals surface area (Å²) in [6.45, 7) is 4.42. The molecule has 226 valence electrons. The fourth-order valence-corrected chi connectivity index (χ4v) is 5.09. The first kappa shape index (κ1) is 29.1. The van der Waals surface area contributed by atoms with E-state index in [1.54, 1.807) is 48.3 Å². The fraction of sp³-hybridized carbons (Fsp3) is 0.152. The van der Waals surface area contributed by atoms with Crippen molar-refractivity contribution in [2.75, 3.05) is 17.2 Å². The fourth-order valence-electron chi connectivity index (χ4n) is 5.09. The van der Waals surface area contributed by atoms with E-state index >= 15 is 0 Å². The highest BCUT2D eigenvalue weighted by atomic mass is 16.6. The largest absolute Gasteiger partial charge is 0.490 e. The van der Waals surface area contributed by atoms with E-state index < -0.39 is 11.0 Å². The molecule has 6 rings (SSSR count). The number of non-ortho nitro benzene ring substituents is 1. The summed E-state index contributed by atoms with van der Waals surface area (Å²) >= 11 is 0. The molecule has 0 bridgehead atoms. The number of amides is 1. The van der Waals surface area contributed by atoms with Crippen LogP contribution in [0.1, 0.15) is 31.0 Å². The number of nitro groups is 1. The predicted molar refractivity (Wildman–Crippen MR) is 168 cm³/mol. The molecule has 2 N–H and O–H groups in total. The number of nitro benzene ring substituents is 1. The number of anilines is 2. The first-order valence-electron chi connectivity index (χ1n) is 14.2. The molecule has 2 aromatic heterocycles. The van der Waals surface area contributed by atoms with Gasteiger partial charge in [-0.1, -0.05) is 48.5 Å². The number of pyridine rings is 1. The number of hydrogen-bond acceptors (Lipinski definition) is 9.